The van der Waals surface area contributed by atoms with Crippen molar-refractivity contribution < 1.29 is 18.3 Å². The third kappa shape index (κ3) is 4.64. The second kappa shape index (κ2) is 6.86. The van der Waals surface area contributed by atoms with E-state index in [1.807, 2.05) is 0 Å². The van der Waals surface area contributed by atoms with E-state index in [1.165, 1.54) is 0 Å². The van der Waals surface area contributed by atoms with Crippen molar-refractivity contribution in [2.24, 2.45) is 0 Å². The summed E-state index contributed by atoms with van der Waals surface area (Å²) in [4.78, 5) is 0. The molecule has 1 rings (SSSR count). The summed E-state index contributed by atoms with van der Waals surface area (Å²) in [6.45, 7) is 25.0. The lowest BCUT2D eigenvalue weighted by Crippen LogP contribution is -2.52. The van der Waals surface area contributed by atoms with Gasteiger partial charge in [-0.3, -0.25) is 0 Å². The van der Waals surface area contributed by atoms with Crippen LogP contribution >= 0.6 is 0 Å². The van der Waals surface area contributed by atoms with E-state index >= 15 is 4.39 Å². The summed E-state index contributed by atoms with van der Waals surface area (Å²) in [5, 5.41) is 10.2. The van der Waals surface area contributed by atoms with E-state index in [0.717, 1.165) is 0 Å². The fourth-order valence-electron chi connectivity index (χ4n) is 2.38. The lowest BCUT2D eigenvalue weighted by atomic mass is 9.99. The summed E-state index contributed by atoms with van der Waals surface area (Å²) < 4.78 is 28.5. The van der Waals surface area contributed by atoms with E-state index in [9.17, 15) is 5.11 Å². The molecular weight excluding hydrogens is 351 g/mol. The molecule has 3 nitrogen and oxygen atoms in total. The predicted octanol–water partition coefficient (Wildman–Crippen LogP) is 5.43. The summed E-state index contributed by atoms with van der Waals surface area (Å²) >= 11 is 0. The Balaban J connectivity index is 3.05. The second-order valence-corrected chi connectivity index (χ2v) is 20.1. The second-order valence-electron chi connectivity index (χ2n) is 10.6. The Morgan fingerprint density at radius 2 is 1.52 bits per heavy atom. The molecule has 25 heavy (non-hydrogen) atoms. The van der Waals surface area contributed by atoms with Gasteiger partial charge in [0.15, 0.2) is 22.3 Å². The summed E-state index contributed by atoms with van der Waals surface area (Å²) in [6, 6.07) is 0. The van der Waals surface area contributed by atoms with Crippen LogP contribution in [0.15, 0.2) is 12.2 Å². The first kappa shape index (κ1) is 23.0. The molecule has 6 heteroatoms. The van der Waals surface area contributed by atoms with Crippen molar-refractivity contribution in [2.45, 2.75) is 102 Å². The van der Waals surface area contributed by atoms with Crippen LogP contribution in [-0.4, -0.2) is 46.2 Å². The molecule has 0 aromatic rings. The van der Waals surface area contributed by atoms with Crippen LogP contribution in [0, 0.1) is 0 Å². The van der Waals surface area contributed by atoms with Crippen LogP contribution in [0.4, 0.5) is 4.39 Å². The van der Waals surface area contributed by atoms with E-state index in [-0.39, 0.29) is 28.7 Å². The molecule has 3 atom stereocenters. The van der Waals surface area contributed by atoms with Gasteiger partial charge in [0, 0.05) is 6.42 Å². The van der Waals surface area contributed by atoms with Gasteiger partial charge in [-0.15, -0.1) is 0 Å². The summed E-state index contributed by atoms with van der Waals surface area (Å²) in [7, 11) is -4.27. The Bertz CT molecular complexity index is 506. The molecular formula is C19H39FO3Si2. The molecule has 0 saturated heterocycles. The third-order valence-electron chi connectivity index (χ3n) is 6.58. The van der Waals surface area contributed by atoms with E-state index in [4.69, 9.17) is 8.85 Å². The first-order valence-electron chi connectivity index (χ1n) is 9.23. The largest absolute Gasteiger partial charge is 0.413 e. The molecule has 0 aliphatic heterocycles. The third-order valence-corrected chi connectivity index (χ3v) is 15.5. The molecule has 0 aromatic heterocycles. The number of rotatable bonds is 5. The molecule has 0 heterocycles. The van der Waals surface area contributed by atoms with E-state index < -0.39 is 34.5 Å². The van der Waals surface area contributed by atoms with Gasteiger partial charge < -0.3 is 14.0 Å². The zero-order valence-corrected chi connectivity index (χ0v) is 19.9. The minimum absolute atomic E-state index is 0.00228. The maximum absolute atomic E-state index is 16.0. The molecule has 1 fully saturated rings. The minimum atomic E-state index is -2.17. The van der Waals surface area contributed by atoms with E-state index in [2.05, 4.69) is 74.3 Å². The summed E-state index contributed by atoms with van der Waals surface area (Å²) in [5.41, 5.74) is -1.63. The topological polar surface area (TPSA) is 38.7 Å². The molecule has 0 bridgehead atoms. The molecule has 1 saturated carbocycles. The van der Waals surface area contributed by atoms with E-state index in [0.29, 0.717) is 0 Å². The number of halogens is 1. The Hall–Kier alpha value is -0.0162. The fourth-order valence-corrected chi connectivity index (χ4v) is 4.73. The Labute approximate surface area is 156 Å². The maximum Gasteiger partial charge on any atom is 0.192 e. The van der Waals surface area contributed by atoms with Gasteiger partial charge in [-0.2, -0.15) is 0 Å². The van der Waals surface area contributed by atoms with Crippen molar-refractivity contribution in [3.05, 3.63) is 12.2 Å². The Morgan fingerprint density at radius 1 is 1.08 bits per heavy atom. The monoisotopic (exact) mass is 390 g/mol. The van der Waals surface area contributed by atoms with Crippen molar-refractivity contribution >= 4 is 16.6 Å². The van der Waals surface area contributed by atoms with Crippen LogP contribution in [0.1, 0.15) is 48.0 Å². The first-order valence-corrected chi connectivity index (χ1v) is 15.0. The number of hydrogen-bond donors (Lipinski definition) is 1. The molecule has 1 N–H and O–H groups in total. The van der Waals surface area contributed by atoms with Gasteiger partial charge >= 0.3 is 0 Å². The molecule has 0 aromatic carbocycles. The van der Waals surface area contributed by atoms with Gasteiger partial charge in [-0.1, -0.05) is 48.1 Å². The average molecular weight is 391 g/mol. The lowest BCUT2D eigenvalue weighted by molar-refractivity contribution is 0.00804. The first-order chi connectivity index (χ1) is 10.9. The van der Waals surface area contributed by atoms with Crippen molar-refractivity contribution in [3.8, 4) is 0 Å². The SMILES string of the molecule is C=C1[C@@H](O)C[C@H](O[Si](C)(C)C(C)(C)C)[C@@]1(F)CO[Si](C)(C)C(C)(C)C. The van der Waals surface area contributed by atoms with Crippen LogP contribution < -0.4 is 0 Å². The van der Waals surface area contributed by atoms with Gasteiger partial charge in [-0.25, -0.2) is 4.39 Å². The zero-order valence-electron chi connectivity index (χ0n) is 17.9. The normalized spacial score (nSPS) is 29.4. The van der Waals surface area contributed by atoms with Gasteiger partial charge in [0.05, 0.1) is 18.8 Å². The summed E-state index contributed by atoms with van der Waals surface area (Å²) in [6.07, 6.45) is -1.31. The predicted molar refractivity (Wildman–Crippen MR) is 109 cm³/mol. The van der Waals surface area contributed by atoms with Gasteiger partial charge in [0.25, 0.3) is 0 Å². The smallest absolute Gasteiger partial charge is 0.192 e. The van der Waals surface area contributed by atoms with Crippen molar-refractivity contribution in [1.82, 2.24) is 0 Å². The minimum Gasteiger partial charge on any atom is -0.413 e. The van der Waals surface area contributed by atoms with Crippen LogP contribution in [-0.2, 0) is 8.85 Å². The Morgan fingerprint density at radius 3 is 1.92 bits per heavy atom. The zero-order chi connectivity index (χ0) is 20.1. The fraction of sp³-hybridized carbons (Fsp3) is 0.895. The molecule has 148 valence electrons. The molecule has 1 aliphatic carbocycles. The highest BCUT2D eigenvalue weighted by Crippen LogP contribution is 2.47. The highest BCUT2D eigenvalue weighted by molar-refractivity contribution is 6.74. The molecule has 1 aliphatic rings. The molecule has 0 spiro atoms. The Kier molecular flexibility index (Phi) is 6.32. The highest BCUT2D eigenvalue weighted by atomic mass is 28.4. The van der Waals surface area contributed by atoms with Gasteiger partial charge in [0.1, 0.15) is 0 Å². The number of aliphatic hydroxyl groups excluding tert-OH is 1. The lowest BCUT2D eigenvalue weighted by Gasteiger charge is -2.43. The summed E-state index contributed by atoms with van der Waals surface area (Å²) in [5.74, 6) is 0. The van der Waals surface area contributed by atoms with Gasteiger partial charge in [0.2, 0.25) is 0 Å². The van der Waals surface area contributed by atoms with Crippen LogP contribution in [0.5, 0.6) is 0 Å². The van der Waals surface area contributed by atoms with Crippen molar-refractivity contribution in [1.29, 1.82) is 0 Å². The molecule has 0 radical (unpaired) electrons. The number of hydrogen-bond acceptors (Lipinski definition) is 3. The standard InChI is InChI=1S/C19H39FO3Si2/c1-14-15(21)12-16(23-25(10,11)18(5,6)7)19(14,20)13-22-24(8,9)17(2,3)4/h15-16,21H,1,12-13H2,2-11H3/t15-,16-,19+/m0/s1. The van der Waals surface area contributed by atoms with Crippen molar-refractivity contribution in [3.63, 3.8) is 0 Å². The average Bonchev–Trinajstić information content (AvgIpc) is 2.59. The quantitative estimate of drug-likeness (QED) is 0.502. The van der Waals surface area contributed by atoms with Gasteiger partial charge in [-0.05, 0) is 41.8 Å². The maximum atomic E-state index is 16.0. The molecule has 0 amide bonds. The van der Waals surface area contributed by atoms with Crippen molar-refractivity contribution in [2.75, 3.05) is 6.61 Å². The number of aliphatic hydroxyl groups is 1. The van der Waals surface area contributed by atoms with Crippen LogP contribution in [0.25, 0.3) is 0 Å². The van der Waals surface area contributed by atoms with Crippen LogP contribution in [0.3, 0.4) is 0 Å². The highest BCUT2D eigenvalue weighted by Gasteiger charge is 2.56. The number of alkyl halides is 1. The molecule has 0 unspecified atom stereocenters. The van der Waals surface area contributed by atoms with Crippen LogP contribution in [0.2, 0.25) is 36.3 Å². The van der Waals surface area contributed by atoms with E-state index in [1.54, 1.807) is 0 Å².